The summed E-state index contributed by atoms with van der Waals surface area (Å²) in [6, 6.07) is 9.10. The van der Waals surface area contributed by atoms with Crippen LogP contribution in [0.3, 0.4) is 0 Å². The second-order valence-electron chi connectivity index (χ2n) is 4.92. The molecule has 1 heterocycles. The third-order valence-electron chi connectivity index (χ3n) is 3.21. The van der Waals surface area contributed by atoms with Gasteiger partial charge in [0.05, 0.1) is 0 Å². The van der Waals surface area contributed by atoms with Gasteiger partial charge in [-0.05, 0) is 55.2 Å². The van der Waals surface area contributed by atoms with Crippen LogP contribution in [0.4, 0.5) is 4.39 Å². The van der Waals surface area contributed by atoms with Crippen molar-refractivity contribution in [2.45, 2.75) is 32.9 Å². The SMILES string of the molecule is Cc1cnccc1CNC(C)Cc1cccc(F)c1. The van der Waals surface area contributed by atoms with Gasteiger partial charge in [0.15, 0.2) is 0 Å². The van der Waals surface area contributed by atoms with Crippen molar-refractivity contribution in [2.24, 2.45) is 0 Å². The number of aryl methyl sites for hydroxylation is 1. The van der Waals surface area contributed by atoms with Crippen LogP contribution in [0, 0.1) is 12.7 Å². The Morgan fingerprint density at radius 2 is 2.16 bits per heavy atom. The maximum atomic E-state index is 13.1. The van der Waals surface area contributed by atoms with E-state index in [-0.39, 0.29) is 5.82 Å². The van der Waals surface area contributed by atoms with E-state index in [0.29, 0.717) is 6.04 Å². The summed E-state index contributed by atoms with van der Waals surface area (Å²) in [5, 5.41) is 3.46. The maximum absolute atomic E-state index is 13.1. The Bertz CT molecular complexity index is 540. The summed E-state index contributed by atoms with van der Waals surface area (Å²) in [6.07, 6.45) is 4.50. The standard InChI is InChI=1S/C16H19FN2/c1-12-10-18-7-6-15(12)11-19-13(2)8-14-4-3-5-16(17)9-14/h3-7,9-10,13,19H,8,11H2,1-2H3. The number of nitrogens with zero attached hydrogens (tertiary/aromatic N) is 1. The van der Waals surface area contributed by atoms with Crippen LogP contribution in [0.2, 0.25) is 0 Å². The van der Waals surface area contributed by atoms with Crippen molar-refractivity contribution in [3.05, 3.63) is 65.2 Å². The molecule has 2 nitrogen and oxygen atoms in total. The number of hydrogen-bond acceptors (Lipinski definition) is 2. The highest BCUT2D eigenvalue weighted by atomic mass is 19.1. The maximum Gasteiger partial charge on any atom is 0.123 e. The molecule has 0 radical (unpaired) electrons. The molecule has 0 bridgehead atoms. The Hall–Kier alpha value is -1.74. The minimum atomic E-state index is -0.172. The third kappa shape index (κ3) is 4.14. The molecule has 1 N–H and O–H groups in total. The number of aromatic nitrogens is 1. The van der Waals surface area contributed by atoms with Crippen LogP contribution < -0.4 is 5.32 Å². The van der Waals surface area contributed by atoms with E-state index in [4.69, 9.17) is 0 Å². The molecule has 100 valence electrons. The molecule has 0 amide bonds. The van der Waals surface area contributed by atoms with Crippen LogP contribution in [-0.2, 0) is 13.0 Å². The Labute approximate surface area is 113 Å². The molecule has 0 aliphatic heterocycles. The highest BCUT2D eigenvalue weighted by Gasteiger charge is 2.05. The van der Waals surface area contributed by atoms with Crippen molar-refractivity contribution in [3.8, 4) is 0 Å². The summed E-state index contributed by atoms with van der Waals surface area (Å²) in [5.41, 5.74) is 3.46. The van der Waals surface area contributed by atoms with Gasteiger partial charge in [-0.25, -0.2) is 4.39 Å². The molecule has 1 unspecified atom stereocenters. The summed E-state index contributed by atoms with van der Waals surface area (Å²) in [7, 11) is 0. The van der Waals surface area contributed by atoms with Gasteiger partial charge >= 0.3 is 0 Å². The van der Waals surface area contributed by atoms with Crippen molar-refractivity contribution >= 4 is 0 Å². The zero-order chi connectivity index (χ0) is 13.7. The second-order valence-corrected chi connectivity index (χ2v) is 4.92. The topological polar surface area (TPSA) is 24.9 Å². The molecule has 0 aliphatic rings. The van der Waals surface area contributed by atoms with Crippen molar-refractivity contribution in [1.29, 1.82) is 0 Å². The number of halogens is 1. The highest BCUT2D eigenvalue weighted by molar-refractivity contribution is 5.21. The highest BCUT2D eigenvalue weighted by Crippen LogP contribution is 2.08. The number of benzene rings is 1. The summed E-state index contributed by atoms with van der Waals surface area (Å²) >= 11 is 0. The Kier molecular flexibility index (Phi) is 4.63. The first-order chi connectivity index (χ1) is 9.15. The molecule has 0 saturated heterocycles. The number of nitrogens with one attached hydrogen (secondary N) is 1. The predicted octanol–water partition coefficient (Wildman–Crippen LogP) is 3.25. The van der Waals surface area contributed by atoms with Crippen LogP contribution in [0.5, 0.6) is 0 Å². The molecule has 1 aromatic heterocycles. The van der Waals surface area contributed by atoms with Crippen molar-refractivity contribution in [3.63, 3.8) is 0 Å². The molecule has 1 aromatic carbocycles. The predicted molar refractivity (Wildman–Crippen MR) is 75.4 cm³/mol. The van der Waals surface area contributed by atoms with E-state index in [1.54, 1.807) is 18.3 Å². The molecule has 19 heavy (non-hydrogen) atoms. The molecular weight excluding hydrogens is 239 g/mol. The molecule has 0 fully saturated rings. The third-order valence-corrected chi connectivity index (χ3v) is 3.21. The quantitative estimate of drug-likeness (QED) is 0.890. The fourth-order valence-electron chi connectivity index (χ4n) is 2.07. The van der Waals surface area contributed by atoms with Gasteiger partial charge in [0.2, 0.25) is 0 Å². The number of hydrogen-bond donors (Lipinski definition) is 1. The summed E-state index contributed by atoms with van der Waals surface area (Å²) in [5.74, 6) is -0.172. The summed E-state index contributed by atoms with van der Waals surface area (Å²) in [6.45, 7) is 4.98. The average Bonchev–Trinajstić information content (AvgIpc) is 2.38. The van der Waals surface area contributed by atoms with Gasteiger partial charge in [-0.2, -0.15) is 0 Å². The number of rotatable bonds is 5. The molecule has 1 atom stereocenters. The fourth-order valence-corrected chi connectivity index (χ4v) is 2.07. The van der Waals surface area contributed by atoms with Crippen LogP contribution in [0.1, 0.15) is 23.6 Å². The van der Waals surface area contributed by atoms with E-state index in [2.05, 4.69) is 24.1 Å². The van der Waals surface area contributed by atoms with Crippen molar-refractivity contribution in [2.75, 3.05) is 0 Å². The fraction of sp³-hybridized carbons (Fsp3) is 0.312. The molecule has 3 heteroatoms. The van der Waals surface area contributed by atoms with E-state index < -0.39 is 0 Å². The van der Waals surface area contributed by atoms with E-state index in [1.165, 1.54) is 17.2 Å². The molecule has 2 aromatic rings. The van der Waals surface area contributed by atoms with Crippen LogP contribution in [-0.4, -0.2) is 11.0 Å². The summed E-state index contributed by atoms with van der Waals surface area (Å²) < 4.78 is 13.1. The lowest BCUT2D eigenvalue weighted by molar-refractivity contribution is 0.541. The molecule has 0 spiro atoms. The zero-order valence-corrected chi connectivity index (χ0v) is 11.4. The van der Waals surface area contributed by atoms with Gasteiger partial charge in [-0.15, -0.1) is 0 Å². The van der Waals surface area contributed by atoms with Gasteiger partial charge in [0.25, 0.3) is 0 Å². The van der Waals surface area contributed by atoms with Gasteiger partial charge in [-0.1, -0.05) is 12.1 Å². The van der Waals surface area contributed by atoms with E-state index in [0.717, 1.165) is 18.5 Å². The lowest BCUT2D eigenvalue weighted by Gasteiger charge is -2.15. The van der Waals surface area contributed by atoms with Crippen LogP contribution in [0.15, 0.2) is 42.7 Å². The van der Waals surface area contributed by atoms with Gasteiger partial charge in [-0.3, -0.25) is 4.98 Å². The Morgan fingerprint density at radius 3 is 2.89 bits per heavy atom. The average molecular weight is 258 g/mol. The van der Waals surface area contributed by atoms with Crippen LogP contribution in [0.25, 0.3) is 0 Å². The minimum Gasteiger partial charge on any atom is -0.310 e. The van der Waals surface area contributed by atoms with E-state index in [1.807, 2.05) is 18.3 Å². The van der Waals surface area contributed by atoms with Crippen molar-refractivity contribution in [1.82, 2.24) is 10.3 Å². The summed E-state index contributed by atoms with van der Waals surface area (Å²) in [4.78, 5) is 4.08. The minimum absolute atomic E-state index is 0.172. The number of pyridine rings is 1. The molecular formula is C16H19FN2. The molecule has 0 aliphatic carbocycles. The van der Waals surface area contributed by atoms with Gasteiger partial charge in [0.1, 0.15) is 5.82 Å². The second kappa shape index (κ2) is 6.43. The monoisotopic (exact) mass is 258 g/mol. The van der Waals surface area contributed by atoms with Crippen molar-refractivity contribution < 1.29 is 4.39 Å². The first-order valence-electron chi connectivity index (χ1n) is 6.52. The van der Waals surface area contributed by atoms with Gasteiger partial charge < -0.3 is 5.32 Å². The smallest absolute Gasteiger partial charge is 0.123 e. The van der Waals surface area contributed by atoms with Gasteiger partial charge in [0, 0.05) is 25.0 Å². The molecule has 0 saturated carbocycles. The first kappa shape index (κ1) is 13.7. The largest absolute Gasteiger partial charge is 0.310 e. The van der Waals surface area contributed by atoms with E-state index in [9.17, 15) is 4.39 Å². The lowest BCUT2D eigenvalue weighted by atomic mass is 10.1. The first-order valence-corrected chi connectivity index (χ1v) is 6.52. The Morgan fingerprint density at radius 1 is 1.32 bits per heavy atom. The van der Waals surface area contributed by atoms with E-state index >= 15 is 0 Å². The lowest BCUT2D eigenvalue weighted by Crippen LogP contribution is -2.27. The molecule has 2 rings (SSSR count). The van der Waals surface area contributed by atoms with Crippen LogP contribution >= 0.6 is 0 Å². The zero-order valence-electron chi connectivity index (χ0n) is 11.4. The normalized spacial score (nSPS) is 12.4. The Balaban J connectivity index is 1.88.